The van der Waals surface area contributed by atoms with Crippen LogP contribution in [0.3, 0.4) is 0 Å². The van der Waals surface area contributed by atoms with E-state index in [1.807, 2.05) is 30.3 Å². The van der Waals surface area contributed by atoms with Crippen molar-refractivity contribution in [3.8, 4) is 11.5 Å². The second kappa shape index (κ2) is 5.82. The van der Waals surface area contributed by atoms with E-state index < -0.39 is 0 Å². The predicted molar refractivity (Wildman–Crippen MR) is 87.9 cm³/mol. The third-order valence-electron chi connectivity index (χ3n) is 3.57. The summed E-state index contributed by atoms with van der Waals surface area (Å²) in [6.07, 6.45) is 2.15. The average Bonchev–Trinajstić information content (AvgIpc) is 2.53. The Balaban J connectivity index is 2.34. The summed E-state index contributed by atoms with van der Waals surface area (Å²) in [5, 5.41) is 5.72. The Labute approximate surface area is 132 Å². The molecule has 0 aromatic heterocycles. The Hall–Kier alpha value is -1.94. The van der Waals surface area contributed by atoms with Gasteiger partial charge in [0.2, 0.25) is 0 Å². The molecule has 1 N–H and O–H groups in total. The van der Waals surface area contributed by atoms with E-state index in [0.29, 0.717) is 0 Å². The smallest absolute Gasteiger partial charge is 0.161 e. The molecule has 0 saturated heterocycles. The molecule has 0 radical (unpaired) electrons. The van der Waals surface area contributed by atoms with Crippen molar-refractivity contribution < 1.29 is 9.47 Å². The minimum atomic E-state index is 0.734. The first-order valence-corrected chi connectivity index (χ1v) is 7.49. The topological polar surface area (TPSA) is 30.5 Å². The highest BCUT2D eigenvalue weighted by Gasteiger charge is 2.12. The summed E-state index contributed by atoms with van der Waals surface area (Å²) < 4.78 is 11.9. The summed E-state index contributed by atoms with van der Waals surface area (Å²) in [7, 11) is 3.31. The standard InChI is InChI=1S/C17H16BrNO2/c1-20-15-9-11-7-8-19-17(13(11)10-16(15)21-2)12-5-3-4-6-14(12)18/h3-7,9-10,19H,8H2,1-2H3. The molecule has 0 amide bonds. The molecular weight excluding hydrogens is 330 g/mol. The number of nitrogens with one attached hydrogen (secondary N) is 1. The molecule has 0 atom stereocenters. The van der Waals surface area contributed by atoms with Crippen LogP contribution in [0.4, 0.5) is 0 Å². The third-order valence-corrected chi connectivity index (χ3v) is 4.26. The number of halogens is 1. The van der Waals surface area contributed by atoms with Crippen LogP contribution < -0.4 is 25.2 Å². The number of fused-ring (bicyclic) bond motifs is 1. The second-order valence-corrected chi connectivity index (χ2v) is 5.59. The summed E-state index contributed by atoms with van der Waals surface area (Å²) in [4.78, 5) is 0. The molecule has 1 heterocycles. The summed E-state index contributed by atoms with van der Waals surface area (Å²) in [5.41, 5.74) is 2.24. The monoisotopic (exact) mass is 345 g/mol. The molecule has 2 aromatic carbocycles. The highest BCUT2D eigenvalue weighted by atomic mass is 79.9. The fraction of sp³-hybridized carbons (Fsp3) is 0.176. The van der Waals surface area contributed by atoms with Crippen LogP contribution in [0.25, 0.3) is 11.8 Å². The molecule has 0 saturated carbocycles. The van der Waals surface area contributed by atoms with Crippen molar-refractivity contribution in [3.63, 3.8) is 0 Å². The van der Waals surface area contributed by atoms with Gasteiger partial charge in [0.05, 0.1) is 19.9 Å². The van der Waals surface area contributed by atoms with Gasteiger partial charge in [-0.2, -0.15) is 0 Å². The van der Waals surface area contributed by atoms with Crippen molar-refractivity contribution in [1.82, 2.24) is 5.32 Å². The lowest BCUT2D eigenvalue weighted by atomic mass is 10.0. The second-order valence-electron chi connectivity index (χ2n) is 4.73. The number of hydrogen-bond acceptors (Lipinski definition) is 3. The van der Waals surface area contributed by atoms with Crippen molar-refractivity contribution in [2.24, 2.45) is 0 Å². The van der Waals surface area contributed by atoms with Gasteiger partial charge < -0.3 is 14.8 Å². The average molecular weight is 346 g/mol. The van der Waals surface area contributed by atoms with Crippen LogP contribution in [-0.2, 0) is 0 Å². The highest BCUT2D eigenvalue weighted by Crippen LogP contribution is 2.24. The van der Waals surface area contributed by atoms with Crippen LogP contribution >= 0.6 is 15.9 Å². The summed E-state index contributed by atoms with van der Waals surface area (Å²) in [6, 6.07) is 12.2. The van der Waals surface area contributed by atoms with Crippen LogP contribution in [0.2, 0.25) is 0 Å². The van der Waals surface area contributed by atoms with Crippen molar-refractivity contribution in [2.75, 3.05) is 20.8 Å². The molecule has 1 aliphatic rings. The van der Waals surface area contributed by atoms with E-state index >= 15 is 0 Å². The number of benzene rings is 2. The van der Waals surface area contributed by atoms with Crippen molar-refractivity contribution in [2.45, 2.75) is 0 Å². The minimum absolute atomic E-state index is 0.734. The minimum Gasteiger partial charge on any atom is -0.493 e. The molecule has 0 spiro atoms. The number of rotatable bonds is 3. The maximum absolute atomic E-state index is 5.43. The van der Waals surface area contributed by atoms with Gasteiger partial charge >= 0.3 is 0 Å². The molecule has 108 valence electrons. The van der Waals surface area contributed by atoms with Crippen LogP contribution in [0.1, 0.15) is 5.56 Å². The van der Waals surface area contributed by atoms with Gasteiger partial charge in [0, 0.05) is 21.8 Å². The van der Waals surface area contributed by atoms with Gasteiger partial charge in [-0.3, -0.25) is 0 Å². The SMILES string of the molecule is COc1cc2c(cc1OC)=C(c1ccccc1Br)NCC=2. The van der Waals surface area contributed by atoms with Gasteiger partial charge in [0.25, 0.3) is 0 Å². The van der Waals surface area contributed by atoms with E-state index in [9.17, 15) is 0 Å². The van der Waals surface area contributed by atoms with E-state index in [2.05, 4.69) is 33.4 Å². The Morgan fingerprint density at radius 3 is 2.48 bits per heavy atom. The maximum Gasteiger partial charge on any atom is 0.161 e. The molecule has 0 aliphatic carbocycles. The highest BCUT2D eigenvalue weighted by molar-refractivity contribution is 9.10. The number of methoxy groups -OCH3 is 2. The molecular formula is C17H16BrNO2. The van der Waals surface area contributed by atoms with E-state index in [1.165, 1.54) is 0 Å². The van der Waals surface area contributed by atoms with E-state index in [4.69, 9.17) is 9.47 Å². The first-order chi connectivity index (χ1) is 10.2. The van der Waals surface area contributed by atoms with Crippen molar-refractivity contribution >= 4 is 27.7 Å². The molecule has 3 rings (SSSR count). The van der Waals surface area contributed by atoms with Gasteiger partial charge in [-0.15, -0.1) is 0 Å². The van der Waals surface area contributed by atoms with E-state index in [1.54, 1.807) is 14.2 Å². The zero-order chi connectivity index (χ0) is 14.8. The Morgan fingerprint density at radius 2 is 1.76 bits per heavy atom. The van der Waals surface area contributed by atoms with Crippen LogP contribution in [0.5, 0.6) is 11.5 Å². The van der Waals surface area contributed by atoms with Crippen molar-refractivity contribution in [3.05, 3.63) is 56.9 Å². The lowest BCUT2D eigenvalue weighted by Gasteiger charge is -2.17. The molecule has 0 unspecified atom stereocenters. The lowest BCUT2D eigenvalue weighted by molar-refractivity contribution is 0.354. The fourth-order valence-electron chi connectivity index (χ4n) is 2.54. The van der Waals surface area contributed by atoms with Crippen LogP contribution in [-0.4, -0.2) is 20.8 Å². The van der Waals surface area contributed by atoms with Gasteiger partial charge in [-0.1, -0.05) is 40.2 Å². The van der Waals surface area contributed by atoms with Gasteiger partial charge in [-0.05, 0) is 23.4 Å². The molecule has 4 heteroatoms. The Morgan fingerprint density at radius 1 is 1.05 bits per heavy atom. The fourth-order valence-corrected chi connectivity index (χ4v) is 3.03. The summed E-state index contributed by atoms with van der Waals surface area (Å²) >= 11 is 3.62. The first-order valence-electron chi connectivity index (χ1n) is 6.70. The normalized spacial score (nSPS) is 13.0. The predicted octanol–water partition coefficient (Wildman–Crippen LogP) is 2.01. The first kappa shape index (κ1) is 14.0. The largest absolute Gasteiger partial charge is 0.493 e. The summed E-state index contributed by atoms with van der Waals surface area (Å²) in [6.45, 7) is 0.791. The molecule has 21 heavy (non-hydrogen) atoms. The zero-order valence-electron chi connectivity index (χ0n) is 11.9. The van der Waals surface area contributed by atoms with Crippen LogP contribution in [0, 0.1) is 0 Å². The summed E-state index contributed by atoms with van der Waals surface area (Å²) in [5.74, 6) is 1.48. The molecule has 1 aliphatic heterocycles. The van der Waals surface area contributed by atoms with Gasteiger partial charge in [0.15, 0.2) is 11.5 Å². The molecule has 0 fully saturated rings. The lowest BCUT2D eigenvalue weighted by Crippen LogP contribution is -2.38. The van der Waals surface area contributed by atoms with Gasteiger partial charge in [0.1, 0.15) is 0 Å². The molecule has 3 nitrogen and oxygen atoms in total. The number of ether oxygens (including phenoxy) is 2. The zero-order valence-corrected chi connectivity index (χ0v) is 13.5. The number of hydrogen-bond donors (Lipinski definition) is 1. The van der Waals surface area contributed by atoms with Gasteiger partial charge in [-0.25, -0.2) is 0 Å². The van der Waals surface area contributed by atoms with E-state index in [-0.39, 0.29) is 0 Å². The van der Waals surface area contributed by atoms with Crippen molar-refractivity contribution in [1.29, 1.82) is 0 Å². The maximum atomic E-state index is 5.43. The molecule has 0 bridgehead atoms. The molecule has 2 aromatic rings. The third kappa shape index (κ3) is 2.51. The Kier molecular flexibility index (Phi) is 3.88. The Bertz CT molecular complexity index is 799. The van der Waals surface area contributed by atoms with E-state index in [0.717, 1.165) is 44.2 Å². The quantitative estimate of drug-likeness (QED) is 0.922. The van der Waals surface area contributed by atoms with Crippen LogP contribution in [0.15, 0.2) is 40.9 Å².